The molecule has 94 valence electrons. The molecule has 0 saturated heterocycles. The molecule has 0 atom stereocenters. The molecular formula is C14H8Cl2N2O. The van der Waals surface area contributed by atoms with Crippen molar-refractivity contribution in [2.75, 3.05) is 0 Å². The fraction of sp³-hybridized carbons (Fsp3) is 0. The molecule has 0 saturated carbocycles. The number of benzene rings is 1. The number of aromatic nitrogens is 1. The van der Waals surface area contributed by atoms with Gasteiger partial charge in [0.15, 0.2) is 0 Å². The Morgan fingerprint density at radius 2 is 1.89 bits per heavy atom. The Kier molecular flexibility index (Phi) is 4.40. The van der Waals surface area contributed by atoms with E-state index in [0.29, 0.717) is 26.9 Å². The molecule has 0 bridgehead atoms. The maximum atomic E-state index is 8.60. The van der Waals surface area contributed by atoms with Crippen LogP contribution in [0, 0.1) is 11.8 Å². The Morgan fingerprint density at radius 1 is 1.16 bits per heavy atom. The molecule has 0 aliphatic heterocycles. The lowest BCUT2D eigenvalue weighted by atomic mass is 10.1. The largest absolute Gasteiger partial charge is 0.411 e. The zero-order valence-electron chi connectivity index (χ0n) is 9.64. The van der Waals surface area contributed by atoms with Crippen LogP contribution in [0.25, 0.3) is 0 Å². The summed E-state index contributed by atoms with van der Waals surface area (Å²) >= 11 is 11.8. The molecule has 3 nitrogen and oxygen atoms in total. The predicted octanol–water partition coefficient (Wildman–Crippen LogP) is 3.60. The second-order valence-electron chi connectivity index (χ2n) is 3.57. The molecule has 19 heavy (non-hydrogen) atoms. The van der Waals surface area contributed by atoms with Crippen LogP contribution in [-0.2, 0) is 0 Å². The van der Waals surface area contributed by atoms with Crippen LogP contribution in [0.4, 0.5) is 0 Å². The Hall–Kier alpha value is -2.02. The minimum Gasteiger partial charge on any atom is -0.411 e. The number of pyridine rings is 1. The van der Waals surface area contributed by atoms with Gasteiger partial charge in [0.25, 0.3) is 0 Å². The standard InChI is InChI=1S/C14H8Cl2N2O/c15-13-4-2-1-3-10(13)5-6-11-8-17-14(16)7-12(11)9-18-19/h1-4,7-9,19H. The molecule has 0 amide bonds. The highest BCUT2D eigenvalue weighted by molar-refractivity contribution is 6.31. The molecule has 5 heteroatoms. The third-order valence-corrected chi connectivity index (χ3v) is 2.84. The van der Waals surface area contributed by atoms with Crippen LogP contribution in [0.15, 0.2) is 41.7 Å². The lowest BCUT2D eigenvalue weighted by Crippen LogP contribution is -1.91. The second-order valence-corrected chi connectivity index (χ2v) is 4.36. The van der Waals surface area contributed by atoms with Crippen molar-refractivity contribution in [3.63, 3.8) is 0 Å². The van der Waals surface area contributed by atoms with Gasteiger partial charge < -0.3 is 5.21 Å². The Balaban J connectivity index is 2.42. The SMILES string of the molecule is ON=Cc1cc(Cl)ncc1C#Cc1ccccc1Cl. The molecule has 2 aromatic rings. The lowest BCUT2D eigenvalue weighted by molar-refractivity contribution is 0.322. The van der Waals surface area contributed by atoms with Crippen molar-refractivity contribution in [2.45, 2.75) is 0 Å². The van der Waals surface area contributed by atoms with Crippen LogP contribution >= 0.6 is 23.2 Å². The van der Waals surface area contributed by atoms with E-state index in [1.54, 1.807) is 12.1 Å². The Morgan fingerprint density at radius 3 is 2.63 bits per heavy atom. The molecule has 0 fully saturated rings. The first-order chi connectivity index (χ1) is 9.20. The number of halogens is 2. The molecule has 0 unspecified atom stereocenters. The minimum absolute atomic E-state index is 0.304. The zero-order valence-corrected chi connectivity index (χ0v) is 11.2. The van der Waals surface area contributed by atoms with Crippen molar-refractivity contribution in [3.8, 4) is 11.8 Å². The van der Waals surface area contributed by atoms with Crippen molar-refractivity contribution < 1.29 is 5.21 Å². The maximum absolute atomic E-state index is 8.60. The van der Waals surface area contributed by atoms with Gasteiger partial charge in [-0.1, -0.05) is 52.3 Å². The van der Waals surface area contributed by atoms with Gasteiger partial charge in [0.05, 0.1) is 16.8 Å². The van der Waals surface area contributed by atoms with E-state index in [0.717, 1.165) is 0 Å². The summed E-state index contributed by atoms with van der Waals surface area (Å²) in [6.45, 7) is 0. The summed E-state index contributed by atoms with van der Waals surface area (Å²) in [5, 5.41) is 12.5. The molecule has 0 spiro atoms. The fourth-order valence-electron chi connectivity index (χ4n) is 1.41. The molecule has 0 aliphatic rings. The molecule has 0 radical (unpaired) electrons. The van der Waals surface area contributed by atoms with Gasteiger partial charge in [-0.2, -0.15) is 0 Å². The number of hydrogen-bond acceptors (Lipinski definition) is 3. The second kappa shape index (κ2) is 6.24. The highest BCUT2D eigenvalue weighted by Gasteiger charge is 2.00. The Labute approximate surface area is 120 Å². The summed E-state index contributed by atoms with van der Waals surface area (Å²) in [5.41, 5.74) is 1.90. The van der Waals surface area contributed by atoms with Crippen molar-refractivity contribution >= 4 is 29.4 Å². The highest BCUT2D eigenvalue weighted by atomic mass is 35.5. The molecule has 2 rings (SSSR count). The van der Waals surface area contributed by atoms with E-state index < -0.39 is 0 Å². The summed E-state index contributed by atoms with van der Waals surface area (Å²) in [6.07, 6.45) is 2.77. The summed E-state index contributed by atoms with van der Waals surface area (Å²) in [6, 6.07) is 8.84. The van der Waals surface area contributed by atoms with E-state index >= 15 is 0 Å². The Bertz CT molecular complexity index is 687. The number of rotatable bonds is 1. The molecular weight excluding hydrogens is 283 g/mol. The van der Waals surface area contributed by atoms with Crippen LogP contribution in [0.3, 0.4) is 0 Å². The number of nitrogens with zero attached hydrogens (tertiary/aromatic N) is 2. The lowest BCUT2D eigenvalue weighted by Gasteiger charge is -1.98. The summed E-state index contributed by atoms with van der Waals surface area (Å²) in [7, 11) is 0. The van der Waals surface area contributed by atoms with Gasteiger partial charge in [0, 0.05) is 17.3 Å². The van der Waals surface area contributed by atoms with E-state index in [1.807, 2.05) is 18.2 Å². The number of hydrogen-bond donors (Lipinski definition) is 1. The van der Waals surface area contributed by atoms with Crippen LogP contribution in [0.5, 0.6) is 0 Å². The van der Waals surface area contributed by atoms with Crippen LogP contribution in [-0.4, -0.2) is 16.4 Å². The molecule has 1 aromatic carbocycles. The molecule has 1 aromatic heterocycles. The van der Waals surface area contributed by atoms with Gasteiger partial charge in [-0.3, -0.25) is 0 Å². The third-order valence-electron chi connectivity index (χ3n) is 2.31. The van der Waals surface area contributed by atoms with Gasteiger partial charge in [-0.05, 0) is 18.2 Å². The third kappa shape index (κ3) is 3.47. The van der Waals surface area contributed by atoms with Gasteiger partial charge in [0.2, 0.25) is 0 Å². The van der Waals surface area contributed by atoms with Crippen molar-refractivity contribution in [1.82, 2.24) is 4.98 Å². The van der Waals surface area contributed by atoms with Crippen LogP contribution in [0.1, 0.15) is 16.7 Å². The highest BCUT2D eigenvalue weighted by Crippen LogP contribution is 2.14. The van der Waals surface area contributed by atoms with E-state index in [1.165, 1.54) is 12.4 Å². The smallest absolute Gasteiger partial charge is 0.129 e. The van der Waals surface area contributed by atoms with Crippen LogP contribution in [0.2, 0.25) is 10.2 Å². The van der Waals surface area contributed by atoms with Crippen molar-refractivity contribution in [1.29, 1.82) is 0 Å². The quantitative estimate of drug-likeness (QED) is 0.287. The molecule has 0 aliphatic carbocycles. The first-order valence-corrected chi connectivity index (χ1v) is 6.06. The van der Waals surface area contributed by atoms with Gasteiger partial charge >= 0.3 is 0 Å². The van der Waals surface area contributed by atoms with Crippen molar-refractivity contribution in [2.24, 2.45) is 5.16 Å². The van der Waals surface area contributed by atoms with E-state index in [9.17, 15) is 0 Å². The monoisotopic (exact) mass is 290 g/mol. The van der Waals surface area contributed by atoms with E-state index in [-0.39, 0.29) is 0 Å². The average molecular weight is 291 g/mol. The topological polar surface area (TPSA) is 45.5 Å². The number of oxime groups is 1. The van der Waals surface area contributed by atoms with Gasteiger partial charge in [-0.15, -0.1) is 0 Å². The molecule has 1 heterocycles. The maximum Gasteiger partial charge on any atom is 0.129 e. The zero-order chi connectivity index (χ0) is 13.7. The van der Waals surface area contributed by atoms with Crippen LogP contribution < -0.4 is 0 Å². The minimum atomic E-state index is 0.304. The average Bonchev–Trinajstić information content (AvgIpc) is 2.40. The van der Waals surface area contributed by atoms with Gasteiger partial charge in [-0.25, -0.2) is 4.98 Å². The van der Waals surface area contributed by atoms with E-state index in [4.69, 9.17) is 28.4 Å². The summed E-state index contributed by atoms with van der Waals surface area (Å²) in [5.74, 6) is 5.86. The summed E-state index contributed by atoms with van der Waals surface area (Å²) in [4.78, 5) is 3.94. The van der Waals surface area contributed by atoms with E-state index in [2.05, 4.69) is 22.0 Å². The summed E-state index contributed by atoms with van der Waals surface area (Å²) < 4.78 is 0. The van der Waals surface area contributed by atoms with Crippen molar-refractivity contribution in [3.05, 3.63) is 63.4 Å². The predicted molar refractivity (Wildman–Crippen MR) is 76.1 cm³/mol. The molecule has 1 N–H and O–H groups in total. The normalized spacial score (nSPS) is 10.2. The first kappa shape index (κ1) is 13.4. The first-order valence-electron chi connectivity index (χ1n) is 5.30. The fourth-order valence-corrected chi connectivity index (χ4v) is 1.76. The van der Waals surface area contributed by atoms with Gasteiger partial charge in [0.1, 0.15) is 5.15 Å².